The molecule has 2 aromatic rings. The number of ether oxygens (including phenoxy) is 2. The van der Waals surface area contributed by atoms with E-state index in [2.05, 4.69) is 41.5 Å². The second-order valence-electron chi connectivity index (χ2n) is 10.4. The van der Waals surface area contributed by atoms with E-state index in [4.69, 9.17) is 19.5 Å². The van der Waals surface area contributed by atoms with Gasteiger partial charge >= 0.3 is 0 Å². The Hall–Kier alpha value is -3.75. The van der Waals surface area contributed by atoms with Gasteiger partial charge in [-0.2, -0.15) is 0 Å². The molecule has 2 N–H and O–H groups in total. The summed E-state index contributed by atoms with van der Waals surface area (Å²) in [4.78, 5) is 25.1. The Bertz CT molecular complexity index is 1350. The molecule has 204 valence electrons. The molecule has 4 heterocycles. The largest absolute Gasteiger partial charge is 0.377 e. The van der Waals surface area contributed by atoms with Crippen molar-refractivity contribution in [3.63, 3.8) is 0 Å². The summed E-state index contributed by atoms with van der Waals surface area (Å²) in [6.07, 6.45) is 8.35. The summed E-state index contributed by atoms with van der Waals surface area (Å²) >= 11 is 0. The van der Waals surface area contributed by atoms with E-state index in [0.29, 0.717) is 12.1 Å². The summed E-state index contributed by atoms with van der Waals surface area (Å²) in [5, 5.41) is 6.32. The highest BCUT2D eigenvalue weighted by Gasteiger charge is 2.24. The lowest BCUT2D eigenvalue weighted by atomic mass is 9.99. The number of aryl methyl sites for hydroxylation is 1. The summed E-state index contributed by atoms with van der Waals surface area (Å²) in [5.41, 5.74) is 6.38. The maximum absolute atomic E-state index is 12.9. The van der Waals surface area contributed by atoms with Crippen LogP contribution in [0.25, 0.3) is 0 Å². The third kappa shape index (κ3) is 6.13. The molecule has 39 heavy (non-hydrogen) atoms. The quantitative estimate of drug-likeness (QED) is 0.560. The van der Waals surface area contributed by atoms with Gasteiger partial charge in [0.1, 0.15) is 5.82 Å². The van der Waals surface area contributed by atoms with Crippen molar-refractivity contribution in [3.8, 4) is 0 Å². The second kappa shape index (κ2) is 11.6. The van der Waals surface area contributed by atoms with Gasteiger partial charge in [0.2, 0.25) is 0 Å². The molecule has 8 heteroatoms. The summed E-state index contributed by atoms with van der Waals surface area (Å²) in [7, 11) is 1.67. The number of carbonyl (C=O) groups is 1. The Kier molecular flexibility index (Phi) is 7.95. The number of nitrogens with one attached hydrogen (secondary N) is 2. The summed E-state index contributed by atoms with van der Waals surface area (Å²) in [5.74, 6) is 0.813. The number of hydrogen-bond donors (Lipinski definition) is 2. The van der Waals surface area contributed by atoms with Crippen LogP contribution in [-0.4, -0.2) is 61.6 Å². The lowest BCUT2D eigenvalue weighted by Gasteiger charge is -2.36. The average Bonchev–Trinajstić information content (AvgIpc) is 2.95. The summed E-state index contributed by atoms with van der Waals surface area (Å²) in [6.45, 7) is 10.2. The second-order valence-corrected chi connectivity index (χ2v) is 10.4. The van der Waals surface area contributed by atoms with Gasteiger partial charge in [-0.15, -0.1) is 0 Å². The molecule has 0 spiro atoms. The Morgan fingerprint density at radius 2 is 2.00 bits per heavy atom. The van der Waals surface area contributed by atoms with Gasteiger partial charge in [-0.3, -0.25) is 9.79 Å². The van der Waals surface area contributed by atoms with Crippen molar-refractivity contribution in [1.82, 2.24) is 15.6 Å². The number of anilines is 1. The van der Waals surface area contributed by atoms with E-state index < -0.39 is 0 Å². The van der Waals surface area contributed by atoms with E-state index in [1.165, 1.54) is 0 Å². The molecule has 4 atom stereocenters. The van der Waals surface area contributed by atoms with Gasteiger partial charge in [0, 0.05) is 37.7 Å². The van der Waals surface area contributed by atoms with Crippen molar-refractivity contribution in [2.75, 3.05) is 31.6 Å². The molecule has 0 radical (unpaired) electrons. The summed E-state index contributed by atoms with van der Waals surface area (Å²) in [6, 6.07) is 11.7. The minimum atomic E-state index is -0.138. The van der Waals surface area contributed by atoms with Crippen LogP contribution in [0.15, 0.2) is 77.1 Å². The minimum absolute atomic E-state index is 0.0772. The number of allylic oxidation sites excluding steroid dienone is 1. The zero-order valence-electron chi connectivity index (χ0n) is 23.3. The number of hydrogen-bond acceptors (Lipinski definition) is 7. The van der Waals surface area contributed by atoms with Crippen LogP contribution >= 0.6 is 0 Å². The van der Waals surface area contributed by atoms with Crippen molar-refractivity contribution >= 4 is 17.4 Å². The number of pyridine rings is 1. The number of rotatable bonds is 7. The first kappa shape index (κ1) is 26.8. The van der Waals surface area contributed by atoms with Gasteiger partial charge < -0.3 is 25.0 Å². The Morgan fingerprint density at radius 1 is 1.21 bits per heavy atom. The van der Waals surface area contributed by atoms with E-state index >= 15 is 0 Å². The maximum atomic E-state index is 12.9. The molecule has 3 aliphatic heterocycles. The molecule has 1 saturated heterocycles. The van der Waals surface area contributed by atoms with Crippen LogP contribution in [0.1, 0.15) is 54.1 Å². The number of methoxy groups -OCH3 is 1. The minimum Gasteiger partial charge on any atom is -0.377 e. The molecule has 1 fully saturated rings. The highest BCUT2D eigenvalue weighted by atomic mass is 16.5. The molecule has 0 bridgehead atoms. The first-order valence-electron chi connectivity index (χ1n) is 13.5. The van der Waals surface area contributed by atoms with Crippen molar-refractivity contribution in [3.05, 3.63) is 94.5 Å². The SMILES string of the molecule is COC(C)c1cc(C(=O)NCC2=CC3N=C(c4cccc(N5C[C@@H](C)O[C@@H](C)C5)n4)C=CC3=CN2)ccc1C. The fraction of sp³-hybridized carbons (Fsp3) is 0.387. The lowest BCUT2D eigenvalue weighted by Crippen LogP contribution is -2.45. The first-order valence-corrected chi connectivity index (χ1v) is 13.5. The van der Waals surface area contributed by atoms with Gasteiger partial charge in [0.25, 0.3) is 5.91 Å². The standard InChI is InChI=1S/C31H37N5O3/c1-19-9-10-23(13-26(19)22(4)38-5)31(37)33-16-25-14-29-24(15-32-25)11-12-28(34-29)27-7-6-8-30(35-27)36-17-20(2)39-21(3)18-36/h6-15,20-22,29,32H,16-18H2,1-5H3,(H,33,37)/t20-,21+,22?,29?. The van der Waals surface area contributed by atoms with E-state index in [1.807, 2.05) is 62.5 Å². The molecule has 2 unspecified atom stereocenters. The highest BCUT2D eigenvalue weighted by molar-refractivity contribution is 6.08. The lowest BCUT2D eigenvalue weighted by molar-refractivity contribution is -0.00546. The Balaban J connectivity index is 1.27. The topological polar surface area (TPSA) is 88.1 Å². The number of morpholine rings is 1. The van der Waals surface area contributed by atoms with Gasteiger partial charge in [-0.05, 0) is 80.8 Å². The van der Waals surface area contributed by atoms with Crippen LogP contribution < -0.4 is 15.5 Å². The fourth-order valence-electron chi connectivity index (χ4n) is 5.22. The van der Waals surface area contributed by atoms with Crippen LogP contribution in [0.4, 0.5) is 5.82 Å². The molecule has 1 aromatic heterocycles. The van der Waals surface area contributed by atoms with E-state index in [0.717, 1.165) is 52.7 Å². The molecule has 1 amide bonds. The van der Waals surface area contributed by atoms with Gasteiger partial charge in [-0.25, -0.2) is 4.98 Å². The molecule has 1 aromatic carbocycles. The molecule has 3 aliphatic rings. The van der Waals surface area contributed by atoms with Crippen LogP contribution in [0.5, 0.6) is 0 Å². The number of benzene rings is 1. The monoisotopic (exact) mass is 527 g/mol. The predicted octanol–water partition coefficient (Wildman–Crippen LogP) is 4.24. The van der Waals surface area contributed by atoms with Crippen LogP contribution in [-0.2, 0) is 9.47 Å². The molecule has 0 aliphatic carbocycles. The van der Waals surface area contributed by atoms with Crippen LogP contribution in [0.3, 0.4) is 0 Å². The van der Waals surface area contributed by atoms with Crippen molar-refractivity contribution in [2.45, 2.75) is 52.0 Å². The van der Waals surface area contributed by atoms with E-state index in [1.54, 1.807) is 7.11 Å². The Morgan fingerprint density at radius 3 is 2.77 bits per heavy atom. The fourth-order valence-corrected chi connectivity index (χ4v) is 5.22. The zero-order chi connectivity index (χ0) is 27.5. The number of nitrogens with zero attached hydrogens (tertiary/aromatic N) is 3. The molecule has 8 nitrogen and oxygen atoms in total. The molecular formula is C31H37N5O3. The average molecular weight is 528 g/mol. The number of amides is 1. The molecule has 0 saturated carbocycles. The van der Waals surface area contributed by atoms with Gasteiger partial charge in [0.15, 0.2) is 0 Å². The third-order valence-electron chi connectivity index (χ3n) is 7.35. The number of aliphatic imine (C=N–C) groups is 1. The third-order valence-corrected chi connectivity index (χ3v) is 7.35. The number of aromatic nitrogens is 1. The van der Waals surface area contributed by atoms with E-state index in [9.17, 15) is 4.79 Å². The normalized spacial score (nSPS) is 23.2. The number of fused-ring (bicyclic) bond motifs is 1. The predicted molar refractivity (Wildman–Crippen MR) is 154 cm³/mol. The maximum Gasteiger partial charge on any atom is 0.251 e. The smallest absolute Gasteiger partial charge is 0.251 e. The van der Waals surface area contributed by atoms with Gasteiger partial charge in [-0.1, -0.05) is 18.2 Å². The van der Waals surface area contributed by atoms with Crippen LogP contribution in [0.2, 0.25) is 0 Å². The molecule has 5 rings (SSSR count). The van der Waals surface area contributed by atoms with Crippen LogP contribution in [0, 0.1) is 6.92 Å². The van der Waals surface area contributed by atoms with E-state index in [-0.39, 0.29) is 30.3 Å². The Labute approximate surface area is 230 Å². The highest BCUT2D eigenvalue weighted by Crippen LogP contribution is 2.24. The number of dihydropyridines is 2. The van der Waals surface area contributed by atoms with Crippen molar-refractivity contribution < 1.29 is 14.3 Å². The van der Waals surface area contributed by atoms with Crippen molar-refractivity contribution in [1.29, 1.82) is 0 Å². The first-order chi connectivity index (χ1) is 18.8. The molecular weight excluding hydrogens is 490 g/mol. The van der Waals surface area contributed by atoms with Crippen molar-refractivity contribution in [2.24, 2.45) is 4.99 Å². The number of carbonyl (C=O) groups excluding carboxylic acids is 1. The summed E-state index contributed by atoms with van der Waals surface area (Å²) < 4.78 is 11.3. The van der Waals surface area contributed by atoms with Gasteiger partial charge in [0.05, 0.1) is 42.3 Å². The zero-order valence-corrected chi connectivity index (χ0v) is 23.3.